The molecule has 0 unspecified atom stereocenters. The molecule has 2 atom stereocenters. The van der Waals surface area contributed by atoms with Gasteiger partial charge in [-0.15, -0.1) is 11.8 Å². The van der Waals surface area contributed by atoms with Crippen LogP contribution in [0.25, 0.3) is 0 Å². The highest BCUT2D eigenvalue weighted by molar-refractivity contribution is 7.99. The second kappa shape index (κ2) is 7.03. The Morgan fingerprint density at radius 3 is 2.67 bits per heavy atom. The molecule has 116 valence electrons. The average Bonchev–Trinajstić information content (AvgIpc) is 2.77. The number of hydrogen-bond acceptors (Lipinski definition) is 4. The van der Waals surface area contributed by atoms with Gasteiger partial charge in [0.05, 0.1) is 16.8 Å². The summed E-state index contributed by atoms with van der Waals surface area (Å²) in [5, 5.41) is 3.29. The standard InChI is InChI=1S/C14H18ClNO3S2/c1-10(20-8-11-2-4-12(15)5-3-11)14(17)16-13-6-7-21(18,19)9-13/h2-5,10,13H,6-9H2,1H3,(H,16,17)/t10-,13+/m1/s1. The van der Waals surface area contributed by atoms with Crippen LogP contribution in [-0.2, 0) is 20.4 Å². The summed E-state index contributed by atoms with van der Waals surface area (Å²) in [6.07, 6.45) is 0.517. The van der Waals surface area contributed by atoms with Crippen molar-refractivity contribution in [2.24, 2.45) is 0 Å². The van der Waals surface area contributed by atoms with E-state index in [9.17, 15) is 13.2 Å². The van der Waals surface area contributed by atoms with Crippen molar-refractivity contribution in [1.29, 1.82) is 0 Å². The van der Waals surface area contributed by atoms with Gasteiger partial charge < -0.3 is 5.32 Å². The minimum atomic E-state index is -2.96. The topological polar surface area (TPSA) is 63.2 Å². The van der Waals surface area contributed by atoms with Gasteiger partial charge >= 0.3 is 0 Å². The zero-order chi connectivity index (χ0) is 15.5. The Labute approximate surface area is 134 Å². The van der Waals surface area contributed by atoms with Gasteiger partial charge in [-0.05, 0) is 31.0 Å². The first kappa shape index (κ1) is 16.6. The smallest absolute Gasteiger partial charge is 0.233 e. The maximum absolute atomic E-state index is 12.0. The molecule has 0 saturated carbocycles. The number of benzene rings is 1. The molecule has 7 heteroatoms. The number of thioether (sulfide) groups is 1. The Morgan fingerprint density at radius 1 is 1.43 bits per heavy atom. The van der Waals surface area contributed by atoms with Gasteiger partial charge in [-0.25, -0.2) is 8.42 Å². The lowest BCUT2D eigenvalue weighted by atomic mass is 10.2. The van der Waals surface area contributed by atoms with Crippen molar-refractivity contribution in [3.63, 3.8) is 0 Å². The van der Waals surface area contributed by atoms with Crippen LogP contribution < -0.4 is 5.32 Å². The van der Waals surface area contributed by atoms with Gasteiger partial charge in [0.15, 0.2) is 9.84 Å². The van der Waals surface area contributed by atoms with Gasteiger partial charge in [-0.3, -0.25) is 4.79 Å². The van der Waals surface area contributed by atoms with Crippen LogP contribution in [0, 0.1) is 0 Å². The predicted octanol–water partition coefficient (Wildman–Crippen LogP) is 2.27. The van der Waals surface area contributed by atoms with Gasteiger partial charge in [0.25, 0.3) is 0 Å². The second-order valence-electron chi connectivity index (χ2n) is 5.19. The summed E-state index contributed by atoms with van der Waals surface area (Å²) in [7, 11) is -2.96. The maximum Gasteiger partial charge on any atom is 0.233 e. The van der Waals surface area contributed by atoms with Crippen LogP contribution >= 0.6 is 23.4 Å². The molecule has 0 bridgehead atoms. The number of halogens is 1. The van der Waals surface area contributed by atoms with Crippen molar-refractivity contribution >= 4 is 39.1 Å². The van der Waals surface area contributed by atoms with E-state index in [-0.39, 0.29) is 28.7 Å². The molecule has 4 nitrogen and oxygen atoms in total. The first-order valence-corrected chi connectivity index (χ1v) is 9.97. The van der Waals surface area contributed by atoms with Crippen LogP contribution in [0.1, 0.15) is 18.9 Å². The van der Waals surface area contributed by atoms with Gasteiger partial charge in [0, 0.05) is 16.8 Å². The molecular weight excluding hydrogens is 330 g/mol. The molecule has 21 heavy (non-hydrogen) atoms. The Bertz CT molecular complexity index is 601. The molecular formula is C14H18ClNO3S2. The summed E-state index contributed by atoms with van der Waals surface area (Å²) >= 11 is 7.35. The molecule has 1 aliphatic heterocycles. The van der Waals surface area contributed by atoms with Crippen molar-refractivity contribution in [3.05, 3.63) is 34.9 Å². The van der Waals surface area contributed by atoms with Crippen molar-refractivity contribution < 1.29 is 13.2 Å². The predicted molar refractivity (Wildman–Crippen MR) is 87.4 cm³/mol. The van der Waals surface area contributed by atoms with Crippen molar-refractivity contribution in [2.45, 2.75) is 30.4 Å². The summed E-state index contributed by atoms with van der Waals surface area (Å²) in [6, 6.07) is 7.28. The molecule has 0 aliphatic carbocycles. The summed E-state index contributed by atoms with van der Waals surface area (Å²) in [6.45, 7) is 1.83. The number of sulfone groups is 1. The zero-order valence-corrected chi connectivity index (χ0v) is 14.1. The van der Waals surface area contributed by atoms with Crippen LogP contribution in [0.4, 0.5) is 0 Å². The number of amides is 1. The van der Waals surface area contributed by atoms with Gasteiger partial charge in [-0.2, -0.15) is 0 Å². The summed E-state index contributed by atoms with van der Waals surface area (Å²) in [5.41, 5.74) is 1.10. The highest BCUT2D eigenvalue weighted by atomic mass is 35.5. The van der Waals surface area contributed by atoms with E-state index in [4.69, 9.17) is 11.6 Å². The molecule has 0 radical (unpaired) electrons. The quantitative estimate of drug-likeness (QED) is 0.887. The van der Waals surface area contributed by atoms with Crippen molar-refractivity contribution in [2.75, 3.05) is 11.5 Å². The van der Waals surface area contributed by atoms with Crippen LogP contribution in [-0.4, -0.2) is 37.1 Å². The first-order chi connectivity index (χ1) is 9.85. The fourth-order valence-corrected chi connectivity index (χ4v) is 4.76. The first-order valence-electron chi connectivity index (χ1n) is 6.72. The fourth-order valence-electron chi connectivity index (χ4n) is 2.10. The van der Waals surface area contributed by atoms with E-state index in [2.05, 4.69) is 5.32 Å². The molecule has 0 spiro atoms. The summed E-state index contributed by atoms with van der Waals surface area (Å²) in [5.74, 6) is 0.850. The maximum atomic E-state index is 12.0. The number of hydrogen-bond donors (Lipinski definition) is 1. The molecule has 0 aromatic heterocycles. The molecule has 1 amide bonds. The Balaban J connectivity index is 1.79. The molecule has 1 heterocycles. The lowest BCUT2D eigenvalue weighted by molar-refractivity contribution is -0.120. The number of carbonyl (C=O) groups is 1. The third-order valence-electron chi connectivity index (χ3n) is 3.36. The third kappa shape index (κ3) is 5.20. The van der Waals surface area contributed by atoms with Crippen molar-refractivity contribution in [1.82, 2.24) is 5.32 Å². The fraction of sp³-hybridized carbons (Fsp3) is 0.500. The van der Waals surface area contributed by atoms with E-state index in [1.165, 1.54) is 11.8 Å². The SMILES string of the molecule is C[C@@H](SCc1ccc(Cl)cc1)C(=O)N[C@H]1CCS(=O)(=O)C1. The van der Waals surface area contributed by atoms with E-state index in [0.717, 1.165) is 5.56 Å². The molecule has 1 aliphatic rings. The van der Waals surface area contributed by atoms with Crippen LogP contribution in [0.3, 0.4) is 0 Å². The molecule has 1 fully saturated rings. The normalized spacial score (nSPS) is 21.9. The number of carbonyl (C=O) groups excluding carboxylic acids is 1. The van der Waals surface area contributed by atoms with E-state index in [0.29, 0.717) is 17.2 Å². The largest absolute Gasteiger partial charge is 0.351 e. The van der Waals surface area contributed by atoms with Gasteiger partial charge in [0.1, 0.15) is 0 Å². The molecule has 1 aromatic carbocycles. The zero-order valence-electron chi connectivity index (χ0n) is 11.7. The van der Waals surface area contributed by atoms with E-state index in [1.54, 1.807) is 0 Å². The number of nitrogens with one attached hydrogen (secondary N) is 1. The van der Waals surface area contributed by atoms with Crippen LogP contribution in [0.5, 0.6) is 0 Å². The lowest BCUT2D eigenvalue weighted by Crippen LogP contribution is -2.40. The van der Waals surface area contributed by atoms with Crippen molar-refractivity contribution in [3.8, 4) is 0 Å². The van der Waals surface area contributed by atoms with Gasteiger partial charge in [-0.1, -0.05) is 23.7 Å². The lowest BCUT2D eigenvalue weighted by Gasteiger charge is -2.15. The highest BCUT2D eigenvalue weighted by Crippen LogP contribution is 2.20. The third-order valence-corrected chi connectivity index (χ3v) is 6.60. The molecule has 1 N–H and O–H groups in total. The number of rotatable bonds is 5. The molecule has 1 saturated heterocycles. The minimum absolute atomic E-state index is 0.0628. The Kier molecular flexibility index (Phi) is 5.57. The average molecular weight is 348 g/mol. The monoisotopic (exact) mass is 347 g/mol. The van der Waals surface area contributed by atoms with E-state index >= 15 is 0 Å². The van der Waals surface area contributed by atoms with Gasteiger partial charge in [0.2, 0.25) is 5.91 Å². The highest BCUT2D eigenvalue weighted by Gasteiger charge is 2.29. The minimum Gasteiger partial charge on any atom is -0.351 e. The van der Waals surface area contributed by atoms with E-state index in [1.807, 2.05) is 31.2 Å². The molecule has 2 rings (SSSR count). The second-order valence-corrected chi connectivity index (χ2v) is 9.18. The van der Waals surface area contributed by atoms with E-state index < -0.39 is 9.84 Å². The summed E-state index contributed by atoms with van der Waals surface area (Å²) < 4.78 is 22.7. The Hall–Kier alpha value is -0.720. The Morgan fingerprint density at radius 2 is 2.10 bits per heavy atom. The summed E-state index contributed by atoms with van der Waals surface area (Å²) in [4.78, 5) is 12.0. The van der Waals surface area contributed by atoms with Crippen LogP contribution in [0.15, 0.2) is 24.3 Å². The molecule has 1 aromatic rings. The van der Waals surface area contributed by atoms with Crippen LogP contribution in [0.2, 0.25) is 5.02 Å².